The number of anilines is 4. The first-order chi connectivity index (χ1) is 11.1. The molecule has 1 heterocycles. The van der Waals surface area contributed by atoms with E-state index >= 15 is 0 Å². The molecule has 23 heavy (non-hydrogen) atoms. The van der Waals surface area contributed by atoms with Crippen molar-refractivity contribution in [2.24, 2.45) is 5.92 Å². The second kappa shape index (κ2) is 8.31. The van der Waals surface area contributed by atoms with Crippen LogP contribution in [0.5, 0.6) is 0 Å². The van der Waals surface area contributed by atoms with E-state index in [1.165, 1.54) is 5.69 Å². The zero-order valence-corrected chi connectivity index (χ0v) is 14.4. The van der Waals surface area contributed by atoms with Gasteiger partial charge in [-0.05, 0) is 44.0 Å². The Morgan fingerprint density at radius 1 is 1.09 bits per heavy atom. The molecule has 1 aromatic heterocycles. The number of benzene rings is 1. The van der Waals surface area contributed by atoms with Crippen molar-refractivity contribution < 1.29 is 0 Å². The quantitative estimate of drug-likeness (QED) is 0.777. The Bertz CT molecular complexity index is 592. The lowest BCUT2D eigenvalue weighted by Gasteiger charge is -2.21. The summed E-state index contributed by atoms with van der Waals surface area (Å²) in [6.07, 6.45) is 1.64. The largest absolute Gasteiger partial charge is 0.372 e. The lowest BCUT2D eigenvalue weighted by Crippen LogP contribution is -2.21. The maximum Gasteiger partial charge on any atom is 0.249 e. The Morgan fingerprint density at radius 3 is 2.39 bits per heavy atom. The van der Waals surface area contributed by atoms with Crippen LogP contribution in [-0.2, 0) is 0 Å². The standard InChI is InChI=1S/C17H26N6/c1-5-23(6-2)15-9-7-14(8-10-15)20-17-21-16(12-19-22-17)18-11-13(3)4/h7-10,12-13H,5-6,11H2,1-4H3,(H2,18,20,21,22). The van der Waals surface area contributed by atoms with E-state index in [4.69, 9.17) is 0 Å². The Morgan fingerprint density at radius 2 is 1.78 bits per heavy atom. The minimum Gasteiger partial charge on any atom is -0.372 e. The van der Waals surface area contributed by atoms with Crippen LogP contribution in [0.3, 0.4) is 0 Å². The average Bonchev–Trinajstić information content (AvgIpc) is 2.56. The van der Waals surface area contributed by atoms with Gasteiger partial charge in [-0.1, -0.05) is 13.8 Å². The SMILES string of the molecule is CCN(CC)c1ccc(Nc2nncc(NCC(C)C)n2)cc1. The number of hydrogen-bond acceptors (Lipinski definition) is 6. The van der Waals surface area contributed by atoms with Gasteiger partial charge in [-0.2, -0.15) is 10.1 Å². The Hall–Kier alpha value is -2.37. The minimum absolute atomic E-state index is 0.495. The highest BCUT2D eigenvalue weighted by molar-refractivity contribution is 5.59. The van der Waals surface area contributed by atoms with Gasteiger partial charge in [0, 0.05) is 31.0 Å². The summed E-state index contributed by atoms with van der Waals surface area (Å²) in [5, 5.41) is 14.5. The normalized spacial score (nSPS) is 10.7. The molecule has 0 saturated heterocycles. The van der Waals surface area contributed by atoms with Crippen LogP contribution in [0.2, 0.25) is 0 Å². The third-order valence-electron chi connectivity index (χ3n) is 3.50. The van der Waals surface area contributed by atoms with Gasteiger partial charge in [0.2, 0.25) is 5.95 Å². The molecule has 2 N–H and O–H groups in total. The van der Waals surface area contributed by atoms with Crippen LogP contribution in [0.15, 0.2) is 30.5 Å². The van der Waals surface area contributed by atoms with Crippen molar-refractivity contribution >= 4 is 23.1 Å². The van der Waals surface area contributed by atoms with Crippen LogP contribution in [0.25, 0.3) is 0 Å². The van der Waals surface area contributed by atoms with Gasteiger partial charge in [-0.15, -0.1) is 5.10 Å². The lowest BCUT2D eigenvalue weighted by atomic mass is 10.2. The van der Waals surface area contributed by atoms with Crippen molar-refractivity contribution in [3.8, 4) is 0 Å². The van der Waals surface area contributed by atoms with E-state index in [-0.39, 0.29) is 0 Å². The zero-order valence-electron chi connectivity index (χ0n) is 14.4. The molecule has 0 bridgehead atoms. The van der Waals surface area contributed by atoms with Gasteiger partial charge >= 0.3 is 0 Å². The number of aromatic nitrogens is 3. The fourth-order valence-electron chi connectivity index (χ4n) is 2.22. The third kappa shape index (κ3) is 5.09. The maximum absolute atomic E-state index is 4.42. The lowest BCUT2D eigenvalue weighted by molar-refractivity contribution is 0.686. The van der Waals surface area contributed by atoms with Gasteiger partial charge in [0.1, 0.15) is 0 Å². The highest BCUT2D eigenvalue weighted by Gasteiger charge is 2.04. The van der Waals surface area contributed by atoms with E-state index in [1.807, 2.05) is 12.1 Å². The first-order valence-electron chi connectivity index (χ1n) is 8.18. The van der Waals surface area contributed by atoms with Crippen LogP contribution < -0.4 is 15.5 Å². The van der Waals surface area contributed by atoms with Crippen LogP contribution >= 0.6 is 0 Å². The number of rotatable bonds is 8. The van der Waals surface area contributed by atoms with Gasteiger partial charge in [-0.25, -0.2) is 0 Å². The van der Waals surface area contributed by atoms with Gasteiger partial charge in [0.05, 0.1) is 6.20 Å². The average molecular weight is 314 g/mol. The van der Waals surface area contributed by atoms with Gasteiger partial charge in [0.25, 0.3) is 0 Å². The molecule has 0 radical (unpaired) electrons. The first-order valence-corrected chi connectivity index (χ1v) is 8.18. The van der Waals surface area contributed by atoms with Gasteiger partial charge in [-0.3, -0.25) is 0 Å². The molecule has 6 nitrogen and oxygen atoms in total. The minimum atomic E-state index is 0.495. The second-order valence-corrected chi connectivity index (χ2v) is 5.78. The van der Waals surface area contributed by atoms with E-state index in [2.05, 4.69) is 70.5 Å². The van der Waals surface area contributed by atoms with Crippen molar-refractivity contribution in [1.82, 2.24) is 15.2 Å². The smallest absolute Gasteiger partial charge is 0.249 e. The fourth-order valence-corrected chi connectivity index (χ4v) is 2.22. The molecule has 0 fully saturated rings. The van der Waals surface area contributed by atoms with E-state index in [0.29, 0.717) is 11.9 Å². The van der Waals surface area contributed by atoms with Crippen LogP contribution in [0.4, 0.5) is 23.1 Å². The number of nitrogens with one attached hydrogen (secondary N) is 2. The molecule has 0 unspecified atom stereocenters. The summed E-state index contributed by atoms with van der Waals surface area (Å²) in [6, 6.07) is 8.27. The molecule has 2 aromatic rings. The predicted molar refractivity (Wildman–Crippen MR) is 96.4 cm³/mol. The highest BCUT2D eigenvalue weighted by Crippen LogP contribution is 2.19. The van der Waals surface area contributed by atoms with E-state index in [9.17, 15) is 0 Å². The Labute approximate surface area is 138 Å². The Kier molecular flexibility index (Phi) is 6.14. The van der Waals surface area contributed by atoms with E-state index in [1.54, 1.807) is 6.20 Å². The Balaban J connectivity index is 2.03. The molecule has 0 aliphatic carbocycles. The topological polar surface area (TPSA) is 66.0 Å². The molecule has 0 aliphatic rings. The summed E-state index contributed by atoms with van der Waals surface area (Å²) in [4.78, 5) is 6.73. The van der Waals surface area contributed by atoms with Crippen molar-refractivity contribution in [3.63, 3.8) is 0 Å². The molecule has 124 valence electrons. The molecule has 0 saturated carbocycles. The molecule has 0 atom stereocenters. The van der Waals surface area contributed by atoms with E-state index in [0.717, 1.165) is 31.1 Å². The second-order valence-electron chi connectivity index (χ2n) is 5.78. The van der Waals surface area contributed by atoms with Crippen LogP contribution in [-0.4, -0.2) is 34.8 Å². The highest BCUT2D eigenvalue weighted by atomic mass is 15.3. The predicted octanol–water partition coefficient (Wildman–Crippen LogP) is 3.53. The van der Waals surface area contributed by atoms with Crippen molar-refractivity contribution in [2.75, 3.05) is 35.2 Å². The fraction of sp³-hybridized carbons (Fsp3) is 0.471. The summed E-state index contributed by atoms with van der Waals surface area (Å²) < 4.78 is 0. The van der Waals surface area contributed by atoms with Crippen LogP contribution in [0, 0.1) is 5.92 Å². The summed E-state index contributed by atoms with van der Waals surface area (Å²) in [5.41, 5.74) is 2.16. The molecule has 0 amide bonds. The molecular formula is C17H26N6. The van der Waals surface area contributed by atoms with Crippen LogP contribution in [0.1, 0.15) is 27.7 Å². The zero-order chi connectivity index (χ0) is 16.7. The third-order valence-corrected chi connectivity index (χ3v) is 3.50. The van der Waals surface area contributed by atoms with Crippen molar-refractivity contribution in [3.05, 3.63) is 30.5 Å². The summed E-state index contributed by atoms with van der Waals surface area (Å²) in [5.74, 6) is 1.78. The first kappa shape index (κ1) is 17.0. The van der Waals surface area contributed by atoms with Crippen molar-refractivity contribution in [2.45, 2.75) is 27.7 Å². The maximum atomic E-state index is 4.42. The summed E-state index contributed by atoms with van der Waals surface area (Å²) in [7, 11) is 0. The summed E-state index contributed by atoms with van der Waals surface area (Å²) >= 11 is 0. The molecule has 6 heteroatoms. The van der Waals surface area contributed by atoms with Gasteiger partial charge < -0.3 is 15.5 Å². The van der Waals surface area contributed by atoms with Gasteiger partial charge in [0.15, 0.2) is 5.82 Å². The van der Waals surface area contributed by atoms with E-state index < -0.39 is 0 Å². The molecule has 0 aliphatic heterocycles. The molecular weight excluding hydrogens is 288 g/mol. The molecule has 2 rings (SSSR count). The number of nitrogens with zero attached hydrogens (tertiary/aromatic N) is 4. The van der Waals surface area contributed by atoms with Crippen molar-refractivity contribution in [1.29, 1.82) is 0 Å². The monoisotopic (exact) mass is 314 g/mol. The number of hydrogen-bond donors (Lipinski definition) is 2. The summed E-state index contributed by atoms with van der Waals surface area (Å²) in [6.45, 7) is 11.5. The molecule has 1 aromatic carbocycles. The molecule has 0 spiro atoms.